The van der Waals surface area contributed by atoms with Gasteiger partial charge in [-0.2, -0.15) is 4.31 Å². The third-order valence-corrected chi connectivity index (χ3v) is 6.65. The molecule has 160 valence electrons. The number of carbonyl (C=O) groups is 2. The summed E-state index contributed by atoms with van der Waals surface area (Å²) < 4.78 is 39.5. The fourth-order valence-electron chi connectivity index (χ4n) is 3.04. The maximum absolute atomic E-state index is 13.0. The van der Waals surface area contributed by atoms with E-state index in [0.29, 0.717) is 6.54 Å². The van der Waals surface area contributed by atoms with Crippen LogP contribution in [0.2, 0.25) is 0 Å². The van der Waals surface area contributed by atoms with Crippen LogP contribution in [0.1, 0.15) is 5.56 Å². The maximum Gasteiger partial charge on any atom is 0.315 e. The second kappa shape index (κ2) is 9.68. The molecule has 2 aromatic carbocycles. The van der Waals surface area contributed by atoms with Crippen molar-refractivity contribution in [1.82, 2.24) is 19.8 Å². The van der Waals surface area contributed by atoms with Crippen LogP contribution < -0.4 is 10.6 Å². The summed E-state index contributed by atoms with van der Waals surface area (Å²) in [6.07, 6.45) is 0. The second-order valence-electron chi connectivity index (χ2n) is 6.76. The van der Waals surface area contributed by atoms with E-state index in [9.17, 15) is 22.4 Å². The van der Waals surface area contributed by atoms with Crippen molar-refractivity contribution in [2.24, 2.45) is 0 Å². The van der Waals surface area contributed by atoms with E-state index in [4.69, 9.17) is 0 Å². The molecule has 0 aromatic heterocycles. The van der Waals surface area contributed by atoms with Gasteiger partial charge in [-0.3, -0.25) is 4.79 Å². The van der Waals surface area contributed by atoms with Crippen LogP contribution in [0.25, 0.3) is 0 Å². The summed E-state index contributed by atoms with van der Waals surface area (Å²) in [5, 5.41) is 5.19. The van der Waals surface area contributed by atoms with Crippen LogP contribution in [-0.2, 0) is 21.4 Å². The van der Waals surface area contributed by atoms with Gasteiger partial charge >= 0.3 is 6.03 Å². The quantitative estimate of drug-likeness (QED) is 0.713. The van der Waals surface area contributed by atoms with Gasteiger partial charge < -0.3 is 15.5 Å². The first kappa shape index (κ1) is 21.7. The molecule has 0 aliphatic carbocycles. The third kappa shape index (κ3) is 5.55. The molecule has 0 bridgehead atoms. The molecule has 3 rings (SSSR count). The van der Waals surface area contributed by atoms with Crippen molar-refractivity contribution >= 4 is 22.0 Å². The largest absolute Gasteiger partial charge is 0.339 e. The lowest BCUT2D eigenvalue weighted by molar-refractivity contribution is -0.131. The highest BCUT2D eigenvalue weighted by Gasteiger charge is 2.30. The minimum Gasteiger partial charge on any atom is -0.339 e. The van der Waals surface area contributed by atoms with Gasteiger partial charge in [-0.25, -0.2) is 17.6 Å². The molecule has 1 aliphatic rings. The van der Waals surface area contributed by atoms with Gasteiger partial charge in [0.15, 0.2) is 0 Å². The Labute approximate surface area is 174 Å². The lowest BCUT2D eigenvalue weighted by atomic mass is 10.2. The van der Waals surface area contributed by atoms with Crippen LogP contribution in [0.15, 0.2) is 59.5 Å². The zero-order chi connectivity index (χ0) is 21.6. The number of nitrogens with one attached hydrogen (secondary N) is 2. The summed E-state index contributed by atoms with van der Waals surface area (Å²) in [4.78, 5) is 25.7. The molecule has 1 aliphatic heterocycles. The Hall–Kier alpha value is -2.98. The van der Waals surface area contributed by atoms with E-state index in [-0.39, 0.29) is 43.5 Å². The molecule has 1 fully saturated rings. The fraction of sp³-hybridized carbons (Fsp3) is 0.300. The number of sulfonamides is 1. The molecule has 30 heavy (non-hydrogen) atoms. The van der Waals surface area contributed by atoms with Gasteiger partial charge in [0.25, 0.3) is 0 Å². The van der Waals surface area contributed by atoms with Crippen molar-refractivity contribution in [3.8, 4) is 0 Å². The van der Waals surface area contributed by atoms with E-state index in [0.717, 1.165) is 17.7 Å². The Morgan fingerprint density at radius 2 is 1.53 bits per heavy atom. The van der Waals surface area contributed by atoms with E-state index < -0.39 is 21.9 Å². The smallest absolute Gasteiger partial charge is 0.315 e. The molecule has 10 heteroatoms. The Morgan fingerprint density at radius 3 is 2.17 bits per heavy atom. The Bertz CT molecular complexity index is 976. The van der Waals surface area contributed by atoms with Gasteiger partial charge in [-0.15, -0.1) is 0 Å². The molecule has 3 amide bonds. The predicted molar refractivity (Wildman–Crippen MR) is 108 cm³/mol. The standard InChI is InChI=1S/C20H23FN4O4S/c21-17-6-8-18(9-7-17)30(28,29)25-12-10-24(11-13-25)19(26)15-23-20(27)22-14-16-4-2-1-3-5-16/h1-9H,10-15H2,(H2,22,23,27). The number of halogens is 1. The summed E-state index contributed by atoms with van der Waals surface area (Å²) >= 11 is 0. The van der Waals surface area contributed by atoms with Crippen molar-refractivity contribution in [3.63, 3.8) is 0 Å². The first-order valence-electron chi connectivity index (χ1n) is 9.45. The molecule has 2 aromatic rings. The van der Waals surface area contributed by atoms with Crippen molar-refractivity contribution in [2.75, 3.05) is 32.7 Å². The van der Waals surface area contributed by atoms with Gasteiger partial charge in [0.2, 0.25) is 15.9 Å². The van der Waals surface area contributed by atoms with Crippen LogP contribution in [0.4, 0.5) is 9.18 Å². The van der Waals surface area contributed by atoms with Crippen molar-refractivity contribution in [2.45, 2.75) is 11.4 Å². The van der Waals surface area contributed by atoms with Gasteiger partial charge in [0.05, 0.1) is 11.4 Å². The number of piperazine rings is 1. The van der Waals surface area contributed by atoms with Crippen LogP contribution in [0.5, 0.6) is 0 Å². The molecular weight excluding hydrogens is 411 g/mol. The summed E-state index contributed by atoms with van der Waals surface area (Å²) in [6.45, 7) is 0.864. The lowest BCUT2D eigenvalue weighted by Crippen LogP contribution is -2.53. The number of rotatable bonds is 6. The molecule has 0 radical (unpaired) electrons. The van der Waals surface area contributed by atoms with Gasteiger partial charge in [0, 0.05) is 32.7 Å². The van der Waals surface area contributed by atoms with E-state index in [1.165, 1.54) is 21.3 Å². The lowest BCUT2D eigenvalue weighted by Gasteiger charge is -2.34. The molecule has 0 saturated carbocycles. The summed E-state index contributed by atoms with van der Waals surface area (Å²) in [6, 6.07) is 13.6. The number of carbonyl (C=O) groups excluding carboxylic acids is 2. The highest BCUT2D eigenvalue weighted by atomic mass is 32.2. The average molecular weight is 434 g/mol. The minimum atomic E-state index is -3.74. The Balaban J connectivity index is 1.43. The normalized spacial score (nSPS) is 14.9. The molecule has 1 heterocycles. The Morgan fingerprint density at radius 1 is 0.900 bits per heavy atom. The van der Waals surface area contributed by atoms with Crippen molar-refractivity contribution in [3.05, 3.63) is 66.0 Å². The highest BCUT2D eigenvalue weighted by molar-refractivity contribution is 7.89. The molecular formula is C20H23FN4O4S. The number of benzene rings is 2. The van der Waals surface area contributed by atoms with E-state index in [1.54, 1.807) is 0 Å². The van der Waals surface area contributed by atoms with Crippen LogP contribution in [-0.4, -0.2) is 62.3 Å². The SMILES string of the molecule is O=C(NCC(=O)N1CCN(S(=O)(=O)c2ccc(F)cc2)CC1)NCc1ccccc1. The van der Waals surface area contributed by atoms with E-state index in [2.05, 4.69) is 10.6 Å². The first-order valence-corrected chi connectivity index (χ1v) is 10.9. The predicted octanol–water partition coefficient (Wildman–Crippen LogP) is 1.16. The molecule has 0 unspecified atom stereocenters. The number of amides is 3. The van der Waals surface area contributed by atoms with Crippen LogP contribution in [0.3, 0.4) is 0 Å². The topological polar surface area (TPSA) is 98.8 Å². The monoisotopic (exact) mass is 434 g/mol. The zero-order valence-corrected chi connectivity index (χ0v) is 17.1. The van der Waals surface area contributed by atoms with E-state index >= 15 is 0 Å². The molecule has 0 atom stereocenters. The number of nitrogens with zero attached hydrogens (tertiary/aromatic N) is 2. The zero-order valence-electron chi connectivity index (χ0n) is 16.3. The minimum absolute atomic E-state index is 0.0143. The highest BCUT2D eigenvalue weighted by Crippen LogP contribution is 2.18. The Kier molecular flexibility index (Phi) is 7.01. The third-order valence-electron chi connectivity index (χ3n) is 4.74. The summed E-state index contributed by atoms with van der Waals surface area (Å²) in [5.74, 6) is -0.798. The summed E-state index contributed by atoms with van der Waals surface area (Å²) in [7, 11) is -3.74. The number of urea groups is 1. The van der Waals surface area contributed by atoms with Gasteiger partial charge in [-0.1, -0.05) is 30.3 Å². The van der Waals surface area contributed by atoms with Crippen molar-refractivity contribution < 1.29 is 22.4 Å². The molecule has 0 spiro atoms. The van der Waals surface area contributed by atoms with Crippen LogP contribution in [0, 0.1) is 5.82 Å². The van der Waals surface area contributed by atoms with E-state index in [1.807, 2.05) is 30.3 Å². The molecule has 1 saturated heterocycles. The number of hydrogen-bond donors (Lipinski definition) is 2. The van der Waals surface area contributed by atoms with Crippen LogP contribution >= 0.6 is 0 Å². The maximum atomic E-state index is 13.0. The fourth-order valence-corrected chi connectivity index (χ4v) is 4.46. The van der Waals surface area contributed by atoms with Gasteiger partial charge in [0.1, 0.15) is 5.82 Å². The molecule has 8 nitrogen and oxygen atoms in total. The second-order valence-corrected chi connectivity index (χ2v) is 8.70. The number of hydrogen-bond acceptors (Lipinski definition) is 4. The average Bonchev–Trinajstić information content (AvgIpc) is 2.77. The van der Waals surface area contributed by atoms with Gasteiger partial charge in [-0.05, 0) is 29.8 Å². The van der Waals surface area contributed by atoms with Crippen molar-refractivity contribution in [1.29, 1.82) is 0 Å². The summed E-state index contributed by atoms with van der Waals surface area (Å²) in [5.41, 5.74) is 0.942. The molecule has 2 N–H and O–H groups in total. The first-order chi connectivity index (χ1) is 14.4.